The Labute approximate surface area is 230 Å². The first kappa shape index (κ1) is 24.0. The van der Waals surface area contributed by atoms with Crippen molar-refractivity contribution >= 4 is 21.8 Å². The van der Waals surface area contributed by atoms with Crippen LogP contribution in [0.1, 0.15) is 11.1 Å². The zero-order chi connectivity index (χ0) is 26.9. The zero-order valence-corrected chi connectivity index (χ0v) is 21.7. The molecule has 194 valence electrons. The molecule has 0 fully saturated rings. The van der Waals surface area contributed by atoms with Crippen LogP contribution in [0.25, 0.3) is 55.4 Å². The Hall–Kier alpha value is -5.07. The Kier molecular flexibility index (Phi) is 6.15. The van der Waals surface area contributed by atoms with Crippen molar-refractivity contribution in [2.75, 3.05) is 0 Å². The van der Waals surface area contributed by atoms with Crippen molar-refractivity contribution in [1.29, 1.82) is 0 Å². The molecule has 0 amide bonds. The van der Waals surface area contributed by atoms with Gasteiger partial charge in [-0.3, -0.25) is 10.1 Å². The van der Waals surface area contributed by atoms with Gasteiger partial charge >= 0.3 is 0 Å². The molecule has 3 heterocycles. The normalized spacial score (nSPS) is 11.4. The number of aromatic nitrogens is 4. The Balaban J connectivity index is 1.21. The van der Waals surface area contributed by atoms with Gasteiger partial charge in [-0.25, -0.2) is 4.39 Å². The van der Waals surface area contributed by atoms with E-state index in [9.17, 15) is 4.39 Å². The summed E-state index contributed by atoms with van der Waals surface area (Å²) in [6.45, 7) is 1.53. The van der Waals surface area contributed by atoms with Crippen LogP contribution < -0.4 is 5.32 Å². The molecule has 0 aliphatic carbocycles. The molecule has 0 bridgehead atoms. The van der Waals surface area contributed by atoms with E-state index in [1.807, 2.05) is 48.8 Å². The van der Waals surface area contributed by atoms with E-state index in [0.29, 0.717) is 5.56 Å². The minimum absolute atomic E-state index is 0.237. The average Bonchev–Trinajstić information content (AvgIpc) is 3.62. The maximum atomic E-state index is 14.6. The van der Waals surface area contributed by atoms with E-state index >= 15 is 0 Å². The van der Waals surface area contributed by atoms with E-state index in [0.717, 1.165) is 68.5 Å². The molecule has 3 N–H and O–H groups in total. The van der Waals surface area contributed by atoms with Crippen molar-refractivity contribution < 1.29 is 4.39 Å². The number of rotatable bonds is 7. The van der Waals surface area contributed by atoms with Crippen LogP contribution in [0, 0.1) is 5.82 Å². The molecule has 0 aliphatic rings. The minimum atomic E-state index is -0.237. The molecule has 7 rings (SSSR count). The van der Waals surface area contributed by atoms with Crippen molar-refractivity contribution in [3.8, 4) is 33.6 Å². The molecular formula is C34H26FN5. The average molecular weight is 524 g/mol. The number of hydrogen-bond acceptors (Lipinski definition) is 3. The third kappa shape index (κ3) is 4.55. The fourth-order valence-electron chi connectivity index (χ4n) is 5.29. The van der Waals surface area contributed by atoms with Gasteiger partial charge in [0.15, 0.2) is 0 Å². The molecule has 0 atom stereocenters. The van der Waals surface area contributed by atoms with Gasteiger partial charge in [0, 0.05) is 52.9 Å². The SMILES string of the molecule is Fc1ccccc1-c1cccc2[nH]c(-c3n[nH]c4ccc(-c5cncc(CNCc6ccccc6)c5)cc34)cc12. The van der Waals surface area contributed by atoms with Gasteiger partial charge in [-0.2, -0.15) is 5.10 Å². The van der Waals surface area contributed by atoms with Gasteiger partial charge in [-0.1, -0.05) is 66.7 Å². The highest BCUT2D eigenvalue weighted by atomic mass is 19.1. The second-order valence-corrected chi connectivity index (χ2v) is 9.93. The lowest BCUT2D eigenvalue weighted by Gasteiger charge is -2.08. The van der Waals surface area contributed by atoms with Crippen LogP contribution in [0.5, 0.6) is 0 Å². The van der Waals surface area contributed by atoms with Gasteiger partial charge in [0.2, 0.25) is 0 Å². The van der Waals surface area contributed by atoms with E-state index in [1.165, 1.54) is 11.6 Å². The maximum absolute atomic E-state index is 14.6. The molecule has 40 heavy (non-hydrogen) atoms. The molecule has 3 aromatic heterocycles. The van der Waals surface area contributed by atoms with Crippen molar-refractivity contribution in [3.05, 3.63) is 132 Å². The van der Waals surface area contributed by atoms with Crippen molar-refractivity contribution in [1.82, 2.24) is 25.5 Å². The minimum Gasteiger partial charge on any atom is -0.353 e. The van der Waals surface area contributed by atoms with Crippen LogP contribution in [0.15, 0.2) is 116 Å². The zero-order valence-electron chi connectivity index (χ0n) is 21.7. The highest BCUT2D eigenvalue weighted by Gasteiger charge is 2.15. The first-order valence-electron chi connectivity index (χ1n) is 13.3. The summed E-state index contributed by atoms with van der Waals surface area (Å²) >= 11 is 0. The van der Waals surface area contributed by atoms with Gasteiger partial charge in [-0.05, 0) is 58.7 Å². The smallest absolute Gasteiger partial charge is 0.131 e. The van der Waals surface area contributed by atoms with Gasteiger partial charge in [0.1, 0.15) is 11.5 Å². The second-order valence-electron chi connectivity index (χ2n) is 9.93. The number of aromatic amines is 2. The summed E-state index contributed by atoms with van der Waals surface area (Å²) < 4.78 is 14.6. The van der Waals surface area contributed by atoms with Crippen LogP contribution in [-0.4, -0.2) is 20.2 Å². The molecule has 6 heteroatoms. The van der Waals surface area contributed by atoms with Gasteiger partial charge in [0.25, 0.3) is 0 Å². The summed E-state index contributed by atoms with van der Waals surface area (Å²) in [5.41, 5.74) is 9.49. The van der Waals surface area contributed by atoms with Crippen molar-refractivity contribution in [2.24, 2.45) is 0 Å². The lowest BCUT2D eigenvalue weighted by atomic mass is 10.0. The molecule has 0 saturated carbocycles. The highest BCUT2D eigenvalue weighted by molar-refractivity contribution is 6.01. The molecular weight excluding hydrogens is 497 g/mol. The summed E-state index contributed by atoms with van der Waals surface area (Å²) in [5.74, 6) is -0.237. The molecule has 4 aromatic carbocycles. The number of pyridine rings is 1. The maximum Gasteiger partial charge on any atom is 0.131 e. The van der Waals surface area contributed by atoms with Crippen LogP contribution in [0.4, 0.5) is 4.39 Å². The summed E-state index contributed by atoms with van der Waals surface area (Å²) in [6, 6.07) is 33.7. The Morgan fingerprint density at radius 1 is 0.650 bits per heavy atom. The van der Waals surface area contributed by atoms with Gasteiger partial charge in [0.05, 0.1) is 11.2 Å². The van der Waals surface area contributed by atoms with Crippen molar-refractivity contribution in [3.63, 3.8) is 0 Å². The Morgan fingerprint density at radius 2 is 1.48 bits per heavy atom. The lowest BCUT2D eigenvalue weighted by Crippen LogP contribution is -2.12. The topological polar surface area (TPSA) is 69.4 Å². The largest absolute Gasteiger partial charge is 0.353 e. The van der Waals surface area contributed by atoms with Crippen LogP contribution in [-0.2, 0) is 13.1 Å². The summed E-state index contributed by atoms with van der Waals surface area (Å²) in [5, 5.41) is 13.3. The standard InChI is InChI=1S/C34H26FN5/c35-30-11-5-4-9-27(30)26-10-6-12-31-28(26)17-33(38-31)34-29-16-24(13-14-32(29)39-40-34)25-15-23(20-37-21-25)19-36-18-22-7-2-1-3-8-22/h1-17,20-21,36,38H,18-19H2,(H,39,40). The summed E-state index contributed by atoms with van der Waals surface area (Å²) in [6.07, 6.45) is 3.80. The fourth-order valence-corrected chi connectivity index (χ4v) is 5.29. The first-order chi connectivity index (χ1) is 19.7. The van der Waals surface area contributed by atoms with Gasteiger partial charge in [-0.15, -0.1) is 0 Å². The first-order valence-corrected chi connectivity index (χ1v) is 13.3. The number of hydrogen-bond donors (Lipinski definition) is 3. The van der Waals surface area contributed by atoms with Crippen LogP contribution in [0.3, 0.4) is 0 Å². The molecule has 5 nitrogen and oxygen atoms in total. The molecule has 0 spiro atoms. The number of benzene rings is 4. The van der Waals surface area contributed by atoms with Crippen LogP contribution >= 0.6 is 0 Å². The highest BCUT2D eigenvalue weighted by Crippen LogP contribution is 2.36. The number of nitrogens with zero attached hydrogens (tertiary/aromatic N) is 2. The molecule has 0 saturated heterocycles. The summed E-state index contributed by atoms with van der Waals surface area (Å²) in [7, 11) is 0. The van der Waals surface area contributed by atoms with E-state index in [4.69, 9.17) is 0 Å². The predicted octanol–water partition coefficient (Wildman–Crippen LogP) is 7.87. The molecule has 0 aliphatic heterocycles. The number of nitrogens with one attached hydrogen (secondary N) is 3. The Bertz CT molecular complexity index is 1950. The number of fused-ring (bicyclic) bond motifs is 2. The fraction of sp³-hybridized carbons (Fsp3) is 0.0588. The van der Waals surface area contributed by atoms with E-state index in [2.05, 4.69) is 80.1 Å². The molecule has 0 unspecified atom stereocenters. The van der Waals surface area contributed by atoms with Crippen LogP contribution in [0.2, 0.25) is 0 Å². The Morgan fingerprint density at radius 3 is 2.38 bits per heavy atom. The summed E-state index contributed by atoms with van der Waals surface area (Å²) in [4.78, 5) is 8.01. The molecule has 0 radical (unpaired) electrons. The van der Waals surface area contributed by atoms with Gasteiger partial charge < -0.3 is 10.3 Å². The molecule has 7 aromatic rings. The lowest BCUT2D eigenvalue weighted by molar-refractivity contribution is 0.631. The monoisotopic (exact) mass is 523 g/mol. The third-order valence-electron chi connectivity index (χ3n) is 7.28. The van der Waals surface area contributed by atoms with E-state index < -0.39 is 0 Å². The second kappa shape index (κ2) is 10.2. The van der Waals surface area contributed by atoms with Crippen molar-refractivity contribution in [2.45, 2.75) is 13.1 Å². The number of halogens is 1. The third-order valence-corrected chi connectivity index (χ3v) is 7.28. The predicted molar refractivity (Wildman–Crippen MR) is 159 cm³/mol. The van der Waals surface area contributed by atoms with E-state index in [-0.39, 0.29) is 5.82 Å². The van der Waals surface area contributed by atoms with E-state index in [1.54, 1.807) is 6.07 Å². The number of H-pyrrole nitrogens is 2. The quantitative estimate of drug-likeness (QED) is 0.199.